The van der Waals surface area contributed by atoms with Crippen molar-refractivity contribution in [3.63, 3.8) is 0 Å². The maximum Gasteiger partial charge on any atom is 2.00 e. The van der Waals surface area contributed by atoms with E-state index in [1.165, 1.54) is 12.1 Å². The summed E-state index contributed by atoms with van der Waals surface area (Å²) >= 11 is 0. The van der Waals surface area contributed by atoms with Crippen molar-refractivity contribution in [2.75, 3.05) is 0 Å². The van der Waals surface area contributed by atoms with E-state index in [1.54, 1.807) is 18.2 Å². The summed E-state index contributed by atoms with van der Waals surface area (Å²) in [6.07, 6.45) is -1.63. The second-order valence-electron chi connectivity index (χ2n) is 1.63. The average molecular weight is 228 g/mol. The molecule has 0 heterocycles. The Morgan fingerprint density at radius 3 is 1.73 bits per heavy atom. The van der Waals surface area contributed by atoms with Gasteiger partial charge in [0.15, 0.2) is 6.43 Å². The van der Waals surface area contributed by atoms with Crippen LogP contribution in [0.15, 0.2) is 30.3 Å². The molecule has 0 spiro atoms. The minimum absolute atomic E-state index is 0. The summed E-state index contributed by atoms with van der Waals surface area (Å²) in [5, 5.41) is 0. The fraction of sp³-hybridized carbons (Fsp3) is 0. The quantitative estimate of drug-likeness (QED) is 0.447. The van der Waals surface area contributed by atoms with Crippen molar-refractivity contribution in [3.8, 4) is 0 Å². The van der Waals surface area contributed by atoms with Gasteiger partial charge in [-0.15, -0.1) is 17.7 Å². The molecule has 0 N–H and O–H groups in total. The van der Waals surface area contributed by atoms with Crippen LogP contribution in [0.25, 0.3) is 0 Å². The summed E-state index contributed by atoms with van der Waals surface area (Å²) < 4.78 is 23.4. The van der Waals surface area contributed by atoms with Gasteiger partial charge in [0.1, 0.15) is 0 Å². The Labute approximate surface area is 83.2 Å². The van der Waals surface area contributed by atoms with Crippen molar-refractivity contribution in [3.05, 3.63) is 42.3 Å². The summed E-state index contributed by atoms with van der Waals surface area (Å²) in [5.41, 5.74) is -0.00231. The molecule has 0 aliphatic rings. The number of rotatable bonds is 1. The minimum atomic E-state index is -1.63. The summed E-state index contributed by atoms with van der Waals surface area (Å²) in [6.45, 7) is 0. The first-order chi connectivity index (χ1) is 4.30. The molecule has 1 aromatic carbocycles. The Morgan fingerprint density at radius 2 is 1.45 bits per heavy atom. The maximum atomic E-state index is 11.7. The fourth-order valence-electron chi connectivity index (χ4n) is 0.564. The largest absolute Gasteiger partial charge is 2.00 e. The van der Waals surface area contributed by atoms with Gasteiger partial charge in [0.05, 0.1) is 0 Å². The van der Waals surface area contributed by atoms with Crippen LogP contribution >= 0.6 is 0 Å². The number of halogens is 3. The molecule has 0 bridgehead atoms. The van der Waals surface area contributed by atoms with Crippen LogP contribution in [-0.2, 0) is 19.5 Å². The Kier molecular flexibility index (Phi) is 8.03. The first-order valence-electron chi connectivity index (χ1n) is 2.54. The van der Waals surface area contributed by atoms with Gasteiger partial charge in [-0.25, -0.2) is 0 Å². The zero-order valence-corrected chi connectivity index (χ0v) is 9.45. The summed E-state index contributed by atoms with van der Waals surface area (Å²) in [4.78, 5) is 0. The van der Waals surface area contributed by atoms with Gasteiger partial charge in [0, 0.05) is 0 Å². The smallest absolute Gasteiger partial charge is 1.00 e. The number of hydrogen-bond acceptors (Lipinski definition) is 0. The Hall–Kier alpha value is -0.137. The van der Waals surface area contributed by atoms with E-state index in [4.69, 9.17) is 0 Å². The molecule has 0 unspecified atom stereocenters. The molecular formula is C7H5ClF2Zn. The van der Waals surface area contributed by atoms with E-state index in [0.717, 1.165) is 0 Å². The summed E-state index contributed by atoms with van der Waals surface area (Å²) in [6, 6.07) is 7.60. The minimum Gasteiger partial charge on any atom is -1.00 e. The standard InChI is InChI=1S/C7H5F2.ClH.Zn/c8-7(9)6-4-2-1-3-5-6;;/h1-5H;1H;/q-1;;+2/p-1. The van der Waals surface area contributed by atoms with Crippen LogP contribution in [0, 0.1) is 6.43 Å². The van der Waals surface area contributed by atoms with Crippen molar-refractivity contribution in [2.24, 2.45) is 0 Å². The Morgan fingerprint density at radius 1 is 1.00 bits per heavy atom. The van der Waals surface area contributed by atoms with E-state index in [2.05, 4.69) is 0 Å². The van der Waals surface area contributed by atoms with Gasteiger partial charge in [0.2, 0.25) is 0 Å². The van der Waals surface area contributed by atoms with Crippen molar-refractivity contribution in [1.82, 2.24) is 0 Å². The van der Waals surface area contributed by atoms with Crippen LogP contribution in [-0.4, -0.2) is 0 Å². The van der Waals surface area contributed by atoms with E-state index in [9.17, 15) is 8.78 Å². The van der Waals surface area contributed by atoms with E-state index < -0.39 is 6.43 Å². The molecule has 56 valence electrons. The van der Waals surface area contributed by atoms with E-state index in [1.807, 2.05) is 0 Å². The third-order valence-corrected chi connectivity index (χ3v) is 0.992. The molecule has 0 amide bonds. The van der Waals surface area contributed by atoms with Gasteiger partial charge in [0.25, 0.3) is 0 Å². The molecule has 11 heavy (non-hydrogen) atoms. The van der Waals surface area contributed by atoms with E-state index in [0.29, 0.717) is 0 Å². The third kappa shape index (κ3) is 4.33. The molecule has 0 atom stereocenters. The summed E-state index contributed by atoms with van der Waals surface area (Å²) in [7, 11) is 0. The first kappa shape index (κ1) is 13.5. The molecule has 1 rings (SSSR count). The van der Waals surface area contributed by atoms with Crippen LogP contribution in [0.3, 0.4) is 0 Å². The monoisotopic (exact) mass is 226 g/mol. The van der Waals surface area contributed by atoms with Crippen molar-refractivity contribution < 1.29 is 40.7 Å². The van der Waals surface area contributed by atoms with E-state index in [-0.39, 0.29) is 37.4 Å². The zero-order chi connectivity index (χ0) is 6.69. The first-order valence-corrected chi connectivity index (χ1v) is 2.54. The molecule has 0 aliphatic heterocycles. The molecule has 0 aromatic heterocycles. The van der Waals surface area contributed by atoms with Gasteiger partial charge in [-0.2, -0.15) is 12.1 Å². The molecule has 0 fully saturated rings. The topological polar surface area (TPSA) is 0 Å². The molecule has 0 radical (unpaired) electrons. The third-order valence-electron chi connectivity index (χ3n) is 0.992. The molecular weight excluding hydrogens is 223 g/mol. The molecule has 4 heteroatoms. The Bertz CT molecular complexity index is 179. The van der Waals surface area contributed by atoms with Gasteiger partial charge < -0.3 is 12.4 Å². The van der Waals surface area contributed by atoms with Crippen LogP contribution in [0.4, 0.5) is 8.78 Å². The van der Waals surface area contributed by atoms with Gasteiger partial charge in [-0.05, 0) is 0 Å². The maximum absolute atomic E-state index is 11.7. The van der Waals surface area contributed by atoms with Crippen LogP contribution in [0.5, 0.6) is 0 Å². The van der Waals surface area contributed by atoms with Gasteiger partial charge in [-0.3, -0.25) is 8.78 Å². The molecule has 0 saturated heterocycles. The predicted molar refractivity (Wildman–Crippen MR) is 31.0 cm³/mol. The number of benzene rings is 1. The average Bonchev–Trinajstić information content (AvgIpc) is 1.90. The molecule has 0 aliphatic carbocycles. The Balaban J connectivity index is 0. The van der Waals surface area contributed by atoms with Gasteiger partial charge >= 0.3 is 19.5 Å². The predicted octanol–water partition coefficient (Wildman–Crippen LogP) is -0.535. The molecule has 0 nitrogen and oxygen atoms in total. The SMILES string of the molecule is F[C-](F)c1ccccc1.[Cl-].[Zn+2]. The van der Waals surface area contributed by atoms with Crippen LogP contribution < -0.4 is 12.4 Å². The van der Waals surface area contributed by atoms with Crippen molar-refractivity contribution in [2.45, 2.75) is 0 Å². The zero-order valence-electron chi connectivity index (χ0n) is 5.73. The summed E-state index contributed by atoms with van der Waals surface area (Å²) in [5.74, 6) is 0. The van der Waals surface area contributed by atoms with Crippen LogP contribution in [0.2, 0.25) is 0 Å². The van der Waals surface area contributed by atoms with Crippen molar-refractivity contribution in [1.29, 1.82) is 0 Å². The molecule has 1 aromatic rings. The van der Waals surface area contributed by atoms with Crippen molar-refractivity contribution >= 4 is 0 Å². The van der Waals surface area contributed by atoms with Gasteiger partial charge in [-0.1, -0.05) is 6.07 Å². The fourth-order valence-corrected chi connectivity index (χ4v) is 0.564. The second-order valence-corrected chi connectivity index (χ2v) is 1.63. The molecule has 0 saturated carbocycles. The van der Waals surface area contributed by atoms with Crippen LogP contribution in [0.1, 0.15) is 5.56 Å². The number of hydrogen-bond donors (Lipinski definition) is 0. The van der Waals surface area contributed by atoms with E-state index >= 15 is 0 Å². The normalized spacial score (nSPS) is 7.45. The second kappa shape index (κ2) is 6.57.